The SMILES string of the molecule is CC(N)Cc1ccc2c(ccn2Cc2ccn(C)n2)c1. The normalized spacial score (nSPS) is 12.9. The first-order valence-corrected chi connectivity index (χ1v) is 6.94. The first-order chi connectivity index (χ1) is 9.61. The second-order valence-corrected chi connectivity index (χ2v) is 5.50. The zero-order valence-corrected chi connectivity index (χ0v) is 12.0. The van der Waals surface area contributed by atoms with Crippen LogP contribution in [-0.2, 0) is 20.0 Å². The fourth-order valence-electron chi connectivity index (χ4n) is 2.61. The lowest BCUT2D eigenvalue weighted by Gasteiger charge is -2.07. The topological polar surface area (TPSA) is 48.8 Å². The summed E-state index contributed by atoms with van der Waals surface area (Å²) in [5.74, 6) is 0. The summed E-state index contributed by atoms with van der Waals surface area (Å²) in [5.41, 5.74) is 9.47. The number of hydrogen-bond acceptors (Lipinski definition) is 2. The van der Waals surface area contributed by atoms with Gasteiger partial charge in [-0.3, -0.25) is 4.68 Å². The van der Waals surface area contributed by atoms with Crippen LogP contribution < -0.4 is 5.73 Å². The minimum atomic E-state index is 0.197. The molecule has 0 spiro atoms. The van der Waals surface area contributed by atoms with Gasteiger partial charge in [0.15, 0.2) is 0 Å². The van der Waals surface area contributed by atoms with E-state index < -0.39 is 0 Å². The Balaban J connectivity index is 1.89. The monoisotopic (exact) mass is 268 g/mol. The highest BCUT2D eigenvalue weighted by atomic mass is 15.3. The maximum atomic E-state index is 5.86. The number of aromatic nitrogens is 3. The van der Waals surface area contributed by atoms with E-state index in [1.165, 1.54) is 16.5 Å². The van der Waals surface area contributed by atoms with Crippen molar-refractivity contribution in [3.63, 3.8) is 0 Å². The Kier molecular flexibility index (Phi) is 3.32. The lowest BCUT2D eigenvalue weighted by Crippen LogP contribution is -2.17. The van der Waals surface area contributed by atoms with E-state index in [0.717, 1.165) is 18.7 Å². The fraction of sp³-hybridized carbons (Fsp3) is 0.312. The molecule has 0 saturated carbocycles. The molecular formula is C16H20N4. The average molecular weight is 268 g/mol. The highest BCUT2D eigenvalue weighted by Gasteiger charge is 2.05. The van der Waals surface area contributed by atoms with Gasteiger partial charge in [0.2, 0.25) is 0 Å². The van der Waals surface area contributed by atoms with E-state index in [-0.39, 0.29) is 6.04 Å². The number of nitrogens with two attached hydrogens (primary N) is 1. The number of fused-ring (bicyclic) bond motifs is 1. The largest absolute Gasteiger partial charge is 0.341 e. The summed E-state index contributed by atoms with van der Waals surface area (Å²) in [6, 6.07) is 11.0. The molecule has 0 radical (unpaired) electrons. The summed E-state index contributed by atoms with van der Waals surface area (Å²) in [6.07, 6.45) is 5.01. The molecule has 0 aliphatic heterocycles. The zero-order valence-electron chi connectivity index (χ0n) is 12.0. The summed E-state index contributed by atoms with van der Waals surface area (Å²) < 4.78 is 4.06. The molecule has 3 aromatic rings. The van der Waals surface area contributed by atoms with E-state index in [4.69, 9.17) is 5.73 Å². The molecule has 0 aliphatic rings. The molecular weight excluding hydrogens is 248 g/mol. The van der Waals surface area contributed by atoms with E-state index in [2.05, 4.69) is 46.2 Å². The lowest BCUT2D eigenvalue weighted by atomic mass is 10.1. The molecule has 2 N–H and O–H groups in total. The van der Waals surface area contributed by atoms with Crippen molar-refractivity contribution >= 4 is 10.9 Å². The number of nitrogens with zero attached hydrogens (tertiary/aromatic N) is 3. The van der Waals surface area contributed by atoms with Crippen molar-refractivity contribution in [3.05, 3.63) is 54.0 Å². The van der Waals surface area contributed by atoms with E-state index in [1.54, 1.807) is 0 Å². The van der Waals surface area contributed by atoms with E-state index in [1.807, 2.05) is 24.9 Å². The number of benzene rings is 1. The quantitative estimate of drug-likeness (QED) is 0.789. The third-order valence-corrected chi connectivity index (χ3v) is 3.49. The Bertz CT molecular complexity index is 721. The first-order valence-electron chi connectivity index (χ1n) is 6.94. The standard InChI is InChI=1S/C16H20N4/c1-12(17)9-13-3-4-16-14(10-13)5-8-20(16)11-15-6-7-19(2)18-15/h3-8,10,12H,9,11,17H2,1-2H3. The molecule has 2 heterocycles. The average Bonchev–Trinajstić information content (AvgIpc) is 2.96. The molecule has 0 aliphatic carbocycles. The van der Waals surface area contributed by atoms with Gasteiger partial charge in [-0.1, -0.05) is 6.07 Å². The first kappa shape index (κ1) is 12.9. The van der Waals surface area contributed by atoms with Crippen molar-refractivity contribution in [2.45, 2.75) is 25.9 Å². The van der Waals surface area contributed by atoms with Gasteiger partial charge < -0.3 is 10.3 Å². The van der Waals surface area contributed by atoms with Crippen LogP contribution in [0.15, 0.2) is 42.7 Å². The van der Waals surface area contributed by atoms with Crippen LogP contribution in [0.1, 0.15) is 18.2 Å². The molecule has 0 amide bonds. The van der Waals surface area contributed by atoms with Gasteiger partial charge in [-0.25, -0.2) is 0 Å². The molecule has 4 nitrogen and oxygen atoms in total. The number of hydrogen-bond donors (Lipinski definition) is 1. The summed E-state index contributed by atoms with van der Waals surface area (Å²) >= 11 is 0. The van der Waals surface area contributed by atoms with E-state index in [9.17, 15) is 0 Å². The van der Waals surface area contributed by atoms with Crippen LogP contribution in [0, 0.1) is 0 Å². The predicted molar refractivity (Wildman–Crippen MR) is 81.6 cm³/mol. The Morgan fingerprint density at radius 3 is 2.75 bits per heavy atom. The highest BCUT2D eigenvalue weighted by Crippen LogP contribution is 2.19. The summed E-state index contributed by atoms with van der Waals surface area (Å²) in [7, 11) is 1.94. The molecule has 4 heteroatoms. The Labute approximate surface area is 118 Å². The number of aryl methyl sites for hydroxylation is 1. The summed E-state index contributed by atoms with van der Waals surface area (Å²) in [5, 5.41) is 5.69. The molecule has 2 aromatic heterocycles. The van der Waals surface area contributed by atoms with Gasteiger partial charge in [0.1, 0.15) is 0 Å². The van der Waals surface area contributed by atoms with Crippen molar-refractivity contribution in [3.8, 4) is 0 Å². The van der Waals surface area contributed by atoms with Gasteiger partial charge in [-0.05, 0) is 48.6 Å². The Morgan fingerprint density at radius 1 is 1.20 bits per heavy atom. The maximum absolute atomic E-state index is 5.86. The van der Waals surface area contributed by atoms with Gasteiger partial charge in [0.05, 0.1) is 12.2 Å². The van der Waals surface area contributed by atoms with Gasteiger partial charge in [-0.15, -0.1) is 0 Å². The lowest BCUT2D eigenvalue weighted by molar-refractivity contribution is 0.716. The minimum Gasteiger partial charge on any atom is -0.341 e. The Hall–Kier alpha value is -2.07. The van der Waals surface area contributed by atoms with Crippen molar-refractivity contribution < 1.29 is 0 Å². The van der Waals surface area contributed by atoms with Crippen LogP contribution in [-0.4, -0.2) is 20.4 Å². The Morgan fingerprint density at radius 2 is 2.05 bits per heavy atom. The molecule has 1 unspecified atom stereocenters. The van der Waals surface area contributed by atoms with Crippen LogP contribution in [0.2, 0.25) is 0 Å². The molecule has 104 valence electrons. The molecule has 0 bridgehead atoms. The van der Waals surface area contributed by atoms with Crippen LogP contribution in [0.25, 0.3) is 10.9 Å². The molecule has 3 rings (SSSR count). The van der Waals surface area contributed by atoms with Crippen LogP contribution in [0.4, 0.5) is 0 Å². The zero-order chi connectivity index (χ0) is 14.1. The fourth-order valence-corrected chi connectivity index (χ4v) is 2.61. The predicted octanol–water partition coefficient (Wildman–Crippen LogP) is 2.31. The van der Waals surface area contributed by atoms with Gasteiger partial charge >= 0.3 is 0 Å². The van der Waals surface area contributed by atoms with Crippen LogP contribution in [0.3, 0.4) is 0 Å². The van der Waals surface area contributed by atoms with Gasteiger partial charge in [0, 0.05) is 31.0 Å². The second-order valence-electron chi connectivity index (χ2n) is 5.50. The molecule has 20 heavy (non-hydrogen) atoms. The molecule has 0 fully saturated rings. The maximum Gasteiger partial charge on any atom is 0.0821 e. The third kappa shape index (κ3) is 2.60. The number of rotatable bonds is 4. The third-order valence-electron chi connectivity index (χ3n) is 3.49. The van der Waals surface area contributed by atoms with Crippen molar-refractivity contribution in [2.75, 3.05) is 0 Å². The van der Waals surface area contributed by atoms with Crippen molar-refractivity contribution in [1.82, 2.24) is 14.3 Å². The molecule has 0 saturated heterocycles. The van der Waals surface area contributed by atoms with E-state index in [0.29, 0.717) is 0 Å². The van der Waals surface area contributed by atoms with Crippen LogP contribution >= 0.6 is 0 Å². The second kappa shape index (κ2) is 5.13. The van der Waals surface area contributed by atoms with Crippen molar-refractivity contribution in [2.24, 2.45) is 12.8 Å². The van der Waals surface area contributed by atoms with Crippen molar-refractivity contribution in [1.29, 1.82) is 0 Å². The molecule has 1 atom stereocenters. The smallest absolute Gasteiger partial charge is 0.0821 e. The van der Waals surface area contributed by atoms with Gasteiger partial charge in [0.25, 0.3) is 0 Å². The van der Waals surface area contributed by atoms with E-state index >= 15 is 0 Å². The minimum absolute atomic E-state index is 0.197. The van der Waals surface area contributed by atoms with Crippen LogP contribution in [0.5, 0.6) is 0 Å². The highest BCUT2D eigenvalue weighted by molar-refractivity contribution is 5.81. The summed E-state index contributed by atoms with van der Waals surface area (Å²) in [4.78, 5) is 0. The molecule has 1 aromatic carbocycles. The van der Waals surface area contributed by atoms with Gasteiger partial charge in [-0.2, -0.15) is 5.10 Å². The summed E-state index contributed by atoms with van der Waals surface area (Å²) in [6.45, 7) is 2.84.